The van der Waals surface area contributed by atoms with Gasteiger partial charge in [-0.05, 0) is 55.8 Å². The van der Waals surface area contributed by atoms with Gasteiger partial charge in [-0.2, -0.15) is 0 Å². The lowest BCUT2D eigenvalue weighted by Gasteiger charge is -2.16. The first kappa shape index (κ1) is 22.0. The number of imide groups is 1. The zero-order valence-corrected chi connectivity index (χ0v) is 17.5. The maximum Gasteiger partial charge on any atom is 0.278 e. The molecule has 162 valence electrons. The van der Waals surface area contributed by atoms with E-state index in [0.717, 1.165) is 4.90 Å². The van der Waals surface area contributed by atoms with Gasteiger partial charge in [0.05, 0.1) is 36.9 Å². The highest BCUT2D eigenvalue weighted by Gasteiger charge is 2.39. The number of ether oxygens (including phenoxy) is 2. The molecule has 0 aromatic heterocycles. The van der Waals surface area contributed by atoms with E-state index in [-0.39, 0.29) is 36.2 Å². The quantitative estimate of drug-likeness (QED) is 0.373. The monoisotopic (exact) mass is 425 g/mol. The van der Waals surface area contributed by atoms with E-state index in [1.54, 1.807) is 31.4 Å². The third-order valence-corrected chi connectivity index (χ3v) is 4.66. The lowest BCUT2D eigenvalue weighted by molar-refractivity contribution is -0.384. The fraction of sp³-hybridized carbons (Fsp3) is 0.273. The Hall–Kier alpha value is -3.72. The molecule has 9 heteroatoms. The van der Waals surface area contributed by atoms with Crippen molar-refractivity contribution in [1.29, 1.82) is 0 Å². The second-order valence-corrected chi connectivity index (χ2v) is 7.09. The summed E-state index contributed by atoms with van der Waals surface area (Å²) in [6.07, 6.45) is -0.0354. The lowest BCUT2D eigenvalue weighted by atomic mass is 10.0. The van der Waals surface area contributed by atoms with Crippen LogP contribution in [-0.4, -0.2) is 48.0 Å². The molecule has 2 aromatic carbocycles. The Kier molecular flexibility index (Phi) is 6.66. The van der Waals surface area contributed by atoms with E-state index in [9.17, 15) is 19.7 Å². The summed E-state index contributed by atoms with van der Waals surface area (Å²) in [4.78, 5) is 37.7. The third-order valence-electron chi connectivity index (χ3n) is 4.66. The zero-order chi connectivity index (χ0) is 22.5. The van der Waals surface area contributed by atoms with Gasteiger partial charge >= 0.3 is 0 Å². The number of amides is 2. The largest absolute Gasteiger partial charge is 0.497 e. The molecule has 1 aliphatic heterocycles. The molecule has 3 rings (SSSR count). The van der Waals surface area contributed by atoms with E-state index < -0.39 is 16.7 Å². The number of benzene rings is 2. The molecule has 0 saturated carbocycles. The molecule has 1 aliphatic rings. The first-order valence-electron chi connectivity index (χ1n) is 9.69. The molecule has 1 N–H and O–H groups in total. The van der Waals surface area contributed by atoms with Crippen LogP contribution in [0.15, 0.2) is 54.2 Å². The van der Waals surface area contributed by atoms with Crippen molar-refractivity contribution >= 4 is 28.8 Å². The Morgan fingerprint density at radius 1 is 1.03 bits per heavy atom. The molecule has 9 nitrogen and oxygen atoms in total. The van der Waals surface area contributed by atoms with Crippen LogP contribution in [0.5, 0.6) is 5.75 Å². The molecule has 0 atom stereocenters. The van der Waals surface area contributed by atoms with Crippen LogP contribution >= 0.6 is 0 Å². The minimum absolute atomic E-state index is 0.0354. The molecule has 0 saturated heterocycles. The second-order valence-electron chi connectivity index (χ2n) is 7.09. The number of non-ortho nitro benzene ring substituents is 1. The summed E-state index contributed by atoms with van der Waals surface area (Å²) in [5, 5.41) is 14.0. The van der Waals surface area contributed by atoms with Crippen molar-refractivity contribution in [2.75, 3.05) is 25.6 Å². The number of nitrogens with one attached hydrogen (secondary N) is 1. The lowest BCUT2D eigenvalue weighted by Crippen LogP contribution is -2.35. The van der Waals surface area contributed by atoms with Crippen LogP contribution < -0.4 is 10.1 Å². The number of carbonyl (C=O) groups is 2. The number of anilines is 1. The van der Waals surface area contributed by atoms with Gasteiger partial charge in [-0.15, -0.1) is 0 Å². The molecular weight excluding hydrogens is 402 g/mol. The SMILES string of the molecule is COc1ccc(NC2=C(c3ccc([N+](=O)[O-])cc3)C(=O)N(CCOC(C)C)C2=O)cc1. The highest BCUT2D eigenvalue weighted by atomic mass is 16.6. The van der Waals surface area contributed by atoms with Gasteiger partial charge < -0.3 is 14.8 Å². The van der Waals surface area contributed by atoms with Gasteiger partial charge in [-0.25, -0.2) is 0 Å². The Morgan fingerprint density at radius 2 is 1.68 bits per heavy atom. The summed E-state index contributed by atoms with van der Waals surface area (Å²) in [5.41, 5.74) is 1.16. The molecule has 0 aliphatic carbocycles. The topological polar surface area (TPSA) is 111 Å². The van der Waals surface area contributed by atoms with Gasteiger partial charge in [-0.3, -0.25) is 24.6 Å². The fourth-order valence-corrected chi connectivity index (χ4v) is 3.11. The fourth-order valence-electron chi connectivity index (χ4n) is 3.11. The van der Waals surface area contributed by atoms with Crippen molar-refractivity contribution in [2.24, 2.45) is 0 Å². The average Bonchev–Trinajstić information content (AvgIpc) is 2.98. The number of carbonyl (C=O) groups excluding carboxylic acids is 2. The molecular formula is C22H23N3O6. The van der Waals surface area contributed by atoms with Crippen LogP contribution in [0, 0.1) is 10.1 Å². The van der Waals surface area contributed by atoms with Gasteiger partial charge in [0.1, 0.15) is 11.4 Å². The molecule has 0 spiro atoms. The number of rotatable bonds is 9. The van der Waals surface area contributed by atoms with Crippen molar-refractivity contribution in [3.8, 4) is 5.75 Å². The van der Waals surface area contributed by atoms with Crippen LogP contribution in [0.2, 0.25) is 0 Å². The van der Waals surface area contributed by atoms with Crippen molar-refractivity contribution in [1.82, 2.24) is 4.90 Å². The van der Waals surface area contributed by atoms with Crippen molar-refractivity contribution in [3.05, 3.63) is 69.9 Å². The Bertz CT molecular complexity index is 1010. The number of methoxy groups -OCH3 is 1. The smallest absolute Gasteiger partial charge is 0.278 e. The van der Waals surface area contributed by atoms with E-state index in [1.165, 1.54) is 24.3 Å². The molecule has 1 heterocycles. The molecule has 2 amide bonds. The normalized spacial score (nSPS) is 13.9. The first-order chi connectivity index (χ1) is 14.8. The zero-order valence-electron chi connectivity index (χ0n) is 17.5. The van der Waals surface area contributed by atoms with Gasteiger partial charge in [0.25, 0.3) is 17.5 Å². The highest BCUT2D eigenvalue weighted by molar-refractivity contribution is 6.36. The molecule has 2 aromatic rings. The maximum absolute atomic E-state index is 13.1. The maximum atomic E-state index is 13.1. The van der Waals surface area contributed by atoms with E-state index in [1.807, 2.05) is 13.8 Å². The van der Waals surface area contributed by atoms with Crippen LogP contribution in [0.25, 0.3) is 5.57 Å². The number of nitrogens with zero attached hydrogens (tertiary/aromatic N) is 2. The van der Waals surface area contributed by atoms with E-state index in [0.29, 0.717) is 17.0 Å². The van der Waals surface area contributed by atoms with Crippen LogP contribution in [0.4, 0.5) is 11.4 Å². The summed E-state index contributed by atoms with van der Waals surface area (Å²) in [5.74, 6) is -0.319. The molecule has 0 radical (unpaired) electrons. The van der Waals surface area contributed by atoms with Gasteiger partial charge in [0.2, 0.25) is 0 Å². The van der Waals surface area contributed by atoms with E-state index in [2.05, 4.69) is 5.32 Å². The molecule has 0 fully saturated rings. The van der Waals surface area contributed by atoms with Gasteiger partial charge in [-0.1, -0.05) is 0 Å². The van der Waals surface area contributed by atoms with Crippen LogP contribution in [-0.2, 0) is 14.3 Å². The number of hydrogen-bond acceptors (Lipinski definition) is 7. The van der Waals surface area contributed by atoms with Crippen molar-refractivity contribution in [2.45, 2.75) is 20.0 Å². The van der Waals surface area contributed by atoms with Gasteiger partial charge in [0, 0.05) is 17.8 Å². The summed E-state index contributed by atoms with van der Waals surface area (Å²) < 4.78 is 10.6. The average molecular weight is 425 g/mol. The van der Waals surface area contributed by atoms with Crippen LogP contribution in [0.1, 0.15) is 19.4 Å². The van der Waals surface area contributed by atoms with Crippen molar-refractivity contribution in [3.63, 3.8) is 0 Å². The third kappa shape index (κ3) is 4.89. The number of hydrogen-bond donors (Lipinski definition) is 1. The summed E-state index contributed by atoms with van der Waals surface area (Å²) in [6, 6.07) is 12.4. The Morgan fingerprint density at radius 3 is 2.23 bits per heavy atom. The number of nitro benzene ring substituents is 1. The Labute approximate surface area is 179 Å². The van der Waals surface area contributed by atoms with E-state index in [4.69, 9.17) is 9.47 Å². The van der Waals surface area contributed by atoms with E-state index >= 15 is 0 Å². The standard InChI is InChI=1S/C22H23N3O6/c1-14(2)31-13-12-24-21(26)19(15-4-8-17(9-5-15)25(28)29)20(22(24)27)23-16-6-10-18(30-3)11-7-16/h4-11,14,23H,12-13H2,1-3H3. The predicted molar refractivity (Wildman–Crippen MR) is 114 cm³/mol. The minimum Gasteiger partial charge on any atom is -0.497 e. The summed E-state index contributed by atoms with van der Waals surface area (Å²) in [6.45, 7) is 4.04. The van der Waals surface area contributed by atoms with Crippen LogP contribution in [0.3, 0.4) is 0 Å². The molecule has 0 unspecified atom stereocenters. The van der Waals surface area contributed by atoms with Gasteiger partial charge in [0.15, 0.2) is 0 Å². The molecule has 0 bridgehead atoms. The summed E-state index contributed by atoms with van der Waals surface area (Å²) >= 11 is 0. The predicted octanol–water partition coefficient (Wildman–Crippen LogP) is 3.22. The highest BCUT2D eigenvalue weighted by Crippen LogP contribution is 2.31. The second kappa shape index (κ2) is 9.40. The minimum atomic E-state index is -0.522. The summed E-state index contributed by atoms with van der Waals surface area (Å²) in [7, 11) is 1.55. The van der Waals surface area contributed by atoms with Crippen molar-refractivity contribution < 1.29 is 24.0 Å². The first-order valence-corrected chi connectivity index (χ1v) is 9.69. The molecule has 31 heavy (non-hydrogen) atoms. The number of nitro groups is 1. The Balaban J connectivity index is 1.96.